The number of ether oxygens (including phenoxy) is 1. The summed E-state index contributed by atoms with van der Waals surface area (Å²) in [5.41, 5.74) is 1.45. The van der Waals surface area contributed by atoms with Gasteiger partial charge < -0.3 is 14.6 Å². The molecule has 0 atom stereocenters. The molecule has 0 aliphatic heterocycles. The van der Waals surface area contributed by atoms with Crippen molar-refractivity contribution in [3.8, 4) is 5.75 Å². The maximum absolute atomic E-state index is 13.9. The Bertz CT molecular complexity index is 581. The highest BCUT2D eigenvalue weighted by atomic mass is 19.1. The maximum Gasteiger partial charge on any atom is 0.165 e. The first-order valence-corrected chi connectivity index (χ1v) is 7.09. The highest BCUT2D eigenvalue weighted by molar-refractivity contribution is 5.35. The number of hydrogen-bond donors (Lipinski definition) is 1. The molecule has 1 aromatic heterocycles. The molecule has 0 amide bonds. The molecule has 0 aliphatic rings. The highest BCUT2D eigenvalue weighted by Crippen LogP contribution is 2.23. The van der Waals surface area contributed by atoms with Gasteiger partial charge >= 0.3 is 0 Å². The standard InChI is InChI=1S/C16H21FN2O2/c1-11(2)8-18-9-13-5-4-6-15(17)16(13)20-10-14-7-12(3)21-19-14/h4-7,11,18H,8-10H2,1-3H3. The Morgan fingerprint density at radius 2 is 2.19 bits per heavy atom. The lowest BCUT2D eigenvalue weighted by Gasteiger charge is -2.13. The third kappa shape index (κ3) is 4.56. The number of nitrogens with zero attached hydrogens (tertiary/aromatic N) is 1. The summed E-state index contributed by atoms with van der Waals surface area (Å²) in [4.78, 5) is 0. The summed E-state index contributed by atoms with van der Waals surface area (Å²) in [6.07, 6.45) is 0. The fourth-order valence-electron chi connectivity index (χ4n) is 1.98. The van der Waals surface area contributed by atoms with Gasteiger partial charge in [0.05, 0.1) is 0 Å². The molecule has 0 saturated carbocycles. The number of benzene rings is 1. The van der Waals surface area contributed by atoms with Crippen molar-refractivity contribution < 1.29 is 13.7 Å². The zero-order chi connectivity index (χ0) is 15.2. The fourth-order valence-corrected chi connectivity index (χ4v) is 1.98. The van der Waals surface area contributed by atoms with Crippen molar-refractivity contribution in [3.63, 3.8) is 0 Å². The molecule has 0 radical (unpaired) electrons. The van der Waals surface area contributed by atoms with E-state index >= 15 is 0 Å². The first-order valence-electron chi connectivity index (χ1n) is 7.09. The van der Waals surface area contributed by atoms with Gasteiger partial charge in [-0.3, -0.25) is 0 Å². The Balaban J connectivity index is 2.02. The third-order valence-electron chi connectivity index (χ3n) is 2.96. The minimum Gasteiger partial charge on any atom is -0.484 e. The molecule has 2 aromatic rings. The topological polar surface area (TPSA) is 47.3 Å². The molecule has 0 bridgehead atoms. The van der Waals surface area contributed by atoms with Gasteiger partial charge in [0.25, 0.3) is 0 Å². The van der Waals surface area contributed by atoms with Crippen molar-refractivity contribution in [3.05, 3.63) is 47.1 Å². The summed E-state index contributed by atoms with van der Waals surface area (Å²) in [5.74, 6) is 1.16. The minimum absolute atomic E-state index is 0.190. The molecule has 5 heteroatoms. The first kappa shape index (κ1) is 15.5. The molecule has 21 heavy (non-hydrogen) atoms. The van der Waals surface area contributed by atoms with Crippen LogP contribution in [0.2, 0.25) is 0 Å². The van der Waals surface area contributed by atoms with Crippen molar-refractivity contribution in [1.82, 2.24) is 10.5 Å². The Labute approximate surface area is 124 Å². The van der Waals surface area contributed by atoms with Crippen LogP contribution in [0.5, 0.6) is 5.75 Å². The Kier molecular flexibility index (Phi) is 5.33. The Morgan fingerprint density at radius 3 is 2.86 bits per heavy atom. The van der Waals surface area contributed by atoms with Crippen molar-refractivity contribution in [2.24, 2.45) is 5.92 Å². The van der Waals surface area contributed by atoms with Crippen LogP contribution in [0, 0.1) is 18.7 Å². The largest absolute Gasteiger partial charge is 0.484 e. The molecular weight excluding hydrogens is 271 g/mol. The van der Waals surface area contributed by atoms with Gasteiger partial charge in [-0.15, -0.1) is 0 Å². The monoisotopic (exact) mass is 292 g/mol. The van der Waals surface area contributed by atoms with Gasteiger partial charge in [0.2, 0.25) is 0 Å². The summed E-state index contributed by atoms with van der Waals surface area (Å²) in [6, 6.07) is 6.72. The van der Waals surface area contributed by atoms with Crippen molar-refractivity contribution in [2.75, 3.05) is 6.54 Å². The van der Waals surface area contributed by atoms with Gasteiger partial charge in [-0.25, -0.2) is 4.39 Å². The minimum atomic E-state index is -0.362. The van der Waals surface area contributed by atoms with Crippen LogP contribution in [0.1, 0.15) is 30.9 Å². The van der Waals surface area contributed by atoms with E-state index in [9.17, 15) is 4.39 Å². The molecule has 1 heterocycles. The average Bonchev–Trinajstić information content (AvgIpc) is 2.83. The van der Waals surface area contributed by atoms with Gasteiger partial charge in [0.15, 0.2) is 11.6 Å². The van der Waals surface area contributed by atoms with Crippen LogP contribution in [0.3, 0.4) is 0 Å². The van der Waals surface area contributed by atoms with Crippen LogP contribution in [0.25, 0.3) is 0 Å². The van der Waals surface area contributed by atoms with Crippen LogP contribution in [-0.2, 0) is 13.2 Å². The smallest absolute Gasteiger partial charge is 0.165 e. The molecule has 4 nitrogen and oxygen atoms in total. The van der Waals surface area contributed by atoms with Gasteiger partial charge in [-0.1, -0.05) is 31.1 Å². The molecule has 114 valence electrons. The summed E-state index contributed by atoms with van der Waals surface area (Å²) in [5, 5.41) is 7.13. The van der Waals surface area contributed by atoms with Crippen LogP contribution < -0.4 is 10.1 Å². The normalized spacial score (nSPS) is 11.1. The first-order chi connectivity index (χ1) is 10.1. The van der Waals surface area contributed by atoms with Crippen LogP contribution in [-0.4, -0.2) is 11.7 Å². The van der Waals surface area contributed by atoms with Crippen molar-refractivity contribution >= 4 is 0 Å². The molecule has 1 N–H and O–H groups in total. The quantitative estimate of drug-likeness (QED) is 0.849. The Hall–Kier alpha value is -1.88. The molecule has 0 unspecified atom stereocenters. The fraction of sp³-hybridized carbons (Fsp3) is 0.438. The van der Waals surface area contributed by atoms with E-state index in [1.807, 2.05) is 6.07 Å². The zero-order valence-electron chi connectivity index (χ0n) is 12.6. The van der Waals surface area contributed by atoms with Gasteiger partial charge in [0.1, 0.15) is 18.1 Å². The summed E-state index contributed by atoms with van der Waals surface area (Å²) in [6.45, 7) is 7.70. The predicted octanol–water partition coefficient (Wildman–Crippen LogP) is 3.45. The van der Waals surface area contributed by atoms with E-state index in [0.717, 1.165) is 12.1 Å². The number of nitrogens with one attached hydrogen (secondary N) is 1. The number of hydrogen-bond acceptors (Lipinski definition) is 4. The predicted molar refractivity (Wildman–Crippen MR) is 78.5 cm³/mol. The molecule has 0 fully saturated rings. The molecular formula is C16H21FN2O2. The number of aromatic nitrogens is 1. The maximum atomic E-state index is 13.9. The van der Waals surface area contributed by atoms with E-state index < -0.39 is 0 Å². The second-order valence-corrected chi connectivity index (χ2v) is 5.47. The van der Waals surface area contributed by atoms with E-state index in [2.05, 4.69) is 24.3 Å². The summed E-state index contributed by atoms with van der Waals surface area (Å²) >= 11 is 0. The van der Waals surface area contributed by atoms with Crippen molar-refractivity contribution in [2.45, 2.75) is 33.9 Å². The summed E-state index contributed by atoms with van der Waals surface area (Å²) < 4.78 is 24.5. The Morgan fingerprint density at radius 1 is 1.38 bits per heavy atom. The van der Waals surface area contributed by atoms with Crippen LogP contribution in [0.15, 0.2) is 28.8 Å². The van der Waals surface area contributed by atoms with E-state index in [4.69, 9.17) is 9.26 Å². The lowest BCUT2D eigenvalue weighted by molar-refractivity contribution is 0.271. The molecule has 1 aromatic carbocycles. The van der Waals surface area contributed by atoms with Crippen LogP contribution >= 0.6 is 0 Å². The highest BCUT2D eigenvalue weighted by Gasteiger charge is 2.11. The second-order valence-electron chi connectivity index (χ2n) is 5.47. The molecule has 0 aliphatic carbocycles. The van der Waals surface area contributed by atoms with E-state index in [1.54, 1.807) is 19.1 Å². The van der Waals surface area contributed by atoms with Gasteiger partial charge in [-0.2, -0.15) is 0 Å². The SMILES string of the molecule is Cc1cc(COc2c(F)cccc2CNCC(C)C)no1. The van der Waals surface area contributed by atoms with E-state index in [1.165, 1.54) is 6.07 Å². The lowest BCUT2D eigenvalue weighted by Crippen LogP contribution is -2.19. The second kappa shape index (κ2) is 7.22. The molecule has 2 rings (SSSR count). The molecule has 0 saturated heterocycles. The van der Waals surface area contributed by atoms with Crippen molar-refractivity contribution in [1.29, 1.82) is 0 Å². The zero-order valence-corrected chi connectivity index (χ0v) is 12.6. The lowest BCUT2D eigenvalue weighted by atomic mass is 10.1. The van der Waals surface area contributed by atoms with E-state index in [0.29, 0.717) is 23.9 Å². The number of halogens is 1. The number of rotatable bonds is 7. The van der Waals surface area contributed by atoms with Gasteiger partial charge in [-0.05, 0) is 25.5 Å². The summed E-state index contributed by atoms with van der Waals surface area (Å²) in [7, 11) is 0. The average molecular weight is 292 g/mol. The van der Waals surface area contributed by atoms with Crippen LogP contribution in [0.4, 0.5) is 4.39 Å². The van der Waals surface area contributed by atoms with Gasteiger partial charge in [0, 0.05) is 18.2 Å². The third-order valence-corrected chi connectivity index (χ3v) is 2.96. The number of aryl methyl sites for hydroxylation is 1. The number of para-hydroxylation sites is 1. The van der Waals surface area contributed by atoms with E-state index in [-0.39, 0.29) is 18.2 Å². The molecule has 0 spiro atoms.